The van der Waals surface area contributed by atoms with Gasteiger partial charge in [0.15, 0.2) is 0 Å². The zero-order valence-electron chi connectivity index (χ0n) is 10.2. The van der Waals surface area contributed by atoms with E-state index in [0.717, 1.165) is 11.6 Å². The Morgan fingerprint density at radius 3 is 2.53 bits per heavy atom. The lowest BCUT2D eigenvalue weighted by molar-refractivity contribution is 0.0205. The molecule has 1 aliphatic rings. The van der Waals surface area contributed by atoms with Gasteiger partial charge in [-0.25, -0.2) is 4.79 Å². The third-order valence-electron chi connectivity index (χ3n) is 2.32. The maximum Gasteiger partial charge on any atom is 0.411 e. The average Bonchev–Trinajstić information content (AvgIpc) is 2.47. The Labute approximate surface area is 96.5 Å². The number of ether oxygens (including phenoxy) is 1. The first-order valence-electron chi connectivity index (χ1n) is 5.38. The number of hydrogen-bond donors (Lipinski definition) is 0. The lowest BCUT2D eigenvalue weighted by Gasteiger charge is -2.29. The van der Waals surface area contributed by atoms with Gasteiger partial charge in [0.25, 0.3) is 0 Å². The molecule has 0 aromatic carbocycles. The minimum Gasteiger partial charge on any atom is -0.444 e. The van der Waals surface area contributed by atoms with Crippen molar-refractivity contribution >= 4 is 17.9 Å². The molecule has 1 atom stereocenters. The van der Waals surface area contributed by atoms with Gasteiger partial charge in [-0.3, -0.25) is 4.90 Å². The molecule has 0 N–H and O–H groups in total. The lowest BCUT2D eigenvalue weighted by Crippen LogP contribution is -2.42. The molecule has 0 spiro atoms. The number of hydrogen-bond acceptors (Lipinski definition) is 3. The van der Waals surface area contributed by atoms with Crippen LogP contribution >= 0.6 is 11.8 Å². The predicted molar refractivity (Wildman–Crippen MR) is 64.0 cm³/mol. The van der Waals surface area contributed by atoms with Gasteiger partial charge in [0.1, 0.15) is 5.60 Å². The molecule has 0 saturated carbocycles. The lowest BCUT2D eigenvalue weighted by atomic mass is 10.1. The Hall–Kier alpha value is -0.380. The number of rotatable bonds is 1. The van der Waals surface area contributed by atoms with E-state index < -0.39 is 5.60 Å². The molecular weight excluding hydrogens is 210 g/mol. The maximum absolute atomic E-state index is 11.9. The minimum absolute atomic E-state index is 0.175. The van der Waals surface area contributed by atoms with Crippen LogP contribution < -0.4 is 0 Å². The van der Waals surface area contributed by atoms with Gasteiger partial charge < -0.3 is 4.74 Å². The molecule has 1 heterocycles. The smallest absolute Gasteiger partial charge is 0.411 e. The van der Waals surface area contributed by atoms with Crippen LogP contribution in [0.1, 0.15) is 34.6 Å². The SMILES string of the molecule is CC(C)[C@@H]1CSCN1C(=O)OC(C)(C)C. The van der Waals surface area contributed by atoms with Gasteiger partial charge in [-0.05, 0) is 26.7 Å². The highest BCUT2D eigenvalue weighted by molar-refractivity contribution is 7.99. The summed E-state index contributed by atoms with van der Waals surface area (Å²) in [5.74, 6) is 2.28. The van der Waals surface area contributed by atoms with E-state index in [1.165, 1.54) is 0 Å². The molecule has 0 unspecified atom stereocenters. The largest absolute Gasteiger partial charge is 0.444 e. The molecule has 1 fully saturated rings. The van der Waals surface area contributed by atoms with E-state index in [9.17, 15) is 4.79 Å². The van der Waals surface area contributed by atoms with Crippen LogP contribution in [-0.2, 0) is 4.74 Å². The van der Waals surface area contributed by atoms with Crippen LogP contribution in [0.15, 0.2) is 0 Å². The van der Waals surface area contributed by atoms with Crippen molar-refractivity contribution in [2.75, 3.05) is 11.6 Å². The molecule has 1 aliphatic heterocycles. The van der Waals surface area contributed by atoms with Crippen molar-refractivity contribution in [2.24, 2.45) is 5.92 Å². The van der Waals surface area contributed by atoms with Crippen LogP contribution in [0.2, 0.25) is 0 Å². The average molecular weight is 231 g/mol. The minimum atomic E-state index is -0.397. The summed E-state index contributed by atoms with van der Waals surface area (Å²) in [6.45, 7) is 10.00. The summed E-state index contributed by atoms with van der Waals surface area (Å²) in [5.41, 5.74) is -0.397. The van der Waals surface area contributed by atoms with Gasteiger partial charge in [0.05, 0.1) is 5.88 Å². The zero-order valence-corrected chi connectivity index (χ0v) is 11.1. The first-order valence-corrected chi connectivity index (χ1v) is 6.54. The summed E-state index contributed by atoms with van der Waals surface area (Å²) in [6.07, 6.45) is -0.175. The topological polar surface area (TPSA) is 29.5 Å². The standard InChI is InChI=1S/C11H21NO2S/c1-8(2)9-6-15-7-12(9)10(13)14-11(3,4)5/h8-9H,6-7H2,1-5H3/t9-/m0/s1. The van der Waals surface area contributed by atoms with Crippen LogP contribution in [0.3, 0.4) is 0 Å². The van der Waals surface area contributed by atoms with E-state index >= 15 is 0 Å². The summed E-state index contributed by atoms with van der Waals surface area (Å²) in [5, 5.41) is 0. The highest BCUT2D eigenvalue weighted by Crippen LogP contribution is 2.27. The second-order valence-corrected chi connectivity index (χ2v) is 6.26. The molecule has 0 aromatic rings. The predicted octanol–water partition coefficient (Wildman–Crippen LogP) is 2.95. The van der Waals surface area contributed by atoms with Gasteiger partial charge in [-0.15, -0.1) is 11.8 Å². The second kappa shape index (κ2) is 4.64. The van der Waals surface area contributed by atoms with Crippen LogP contribution in [0.5, 0.6) is 0 Å². The van der Waals surface area contributed by atoms with Gasteiger partial charge >= 0.3 is 6.09 Å². The van der Waals surface area contributed by atoms with Crippen LogP contribution in [0, 0.1) is 5.92 Å². The number of thioether (sulfide) groups is 1. The number of amides is 1. The summed E-state index contributed by atoms with van der Waals surface area (Å²) < 4.78 is 5.38. The third-order valence-corrected chi connectivity index (χ3v) is 3.35. The third kappa shape index (κ3) is 3.59. The summed E-state index contributed by atoms with van der Waals surface area (Å²) in [4.78, 5) is 13.7. The van der Waals surface area contributed by atoms with E-state index in [1.807, 2.05) is 25.7 Å². The molecule has 0 aromatic heterocycles. The second-order valence-electron chi connectivity index (χ2n) is 5.26. The molecule has 1 rings (SSSR count). The molecule has 1 amide bonds. The Morgan fingerprint density at radius 1 is 1.47 bits per heavy atom. The van der Waals surface area contributed by atoms with E-state index in [1.54, 1.807) is 11.8 Å². The van der Waals surface area contributed by atoms with Gasteiger partial charge in [-0.1, -0.05) is 13.8 Å². The van der Waals surface area contributed by atoms with Crippen molar-refractivity contribution in [3.63, 3.8) is 0 Å². The van der Waals surface area contributed by atoms with E-state index in [4.69, 9.17) is 4.74 Å². The summed E-state index contributed by atoms with van der Waals surface area (Å²) >= 11 is 1.80. The van der Waals surface area contributed by atoms with Gasteiger partial charge in [0.2, 0.25) is 0 Å². The molecule has 88 valence electrons. The molecule has 0 bridgehead atoms. The van der Waals surface area contributed by atoms with Crippen molar-refractivity contribution < 1.29 is 9.53 Å². The van der Waals surface area contributed by atoms with Crippen molar-refractivity contribution in [2.45, 2.75) is 46.3 Å². The van der Waals surface area contributed by atoms with Crippen molar-refractivity contribution in [3.8, 4) is 0 Å². The fourth-order valence-corrected chi connectivity index (χ4v) is 2.92. The molecule has 4 heteroatoms. The Morgan fingerprint density at radius 2 is 2.07 bits per heavy atom. The van der Waals surface area contributed by atoms with Crippen LogP contribution in [-0.4, -0.2) is 34.3 Å². The van der Waals surface area contributed by atoms with Crippen molar-refractivity contribution in [1.82, 2.24) is 4.90 Å². The van der Waals surface area contributed by atoms with Crippen molar-refractivity contribution in [1.29, 1.82) is 0 Å². The normalized spacial score (nSPS) is 22.3. The molecular formula is C11H21NO2S. The monoisotopic (exact) mass is 231 g/mol. The fourth-order valence-electron chi connectivity index (χ4n) is 1.52. The molecule has 1 saturated heterocycles. The number of carbonyl (C=O) groups is 1. The van der Waals surface area contributed by atoms with E-state index in [-0.39, 0.29) is 6.09 Å². The summed E-state index contributed by atoms with van der Waals surface area (Å²) in [6, 6.07) is 0.324. The fraction of sp³-hybridized carbons (Fsp3) is 0.909. The summed E-state index contributed by atoms with van der Waals surface area (Å²) in [7, 11) is 0. The molecule has 0 aliphatic carbocycles. The Balaban J connectivity index is 2.59. The highest BCUT2D eigenvalue weighted by Gasteiger charge is 2.34. The Bertz CT molecular complexity index is 235. The van der Waals surface area contributed by atoms with Crippen molar-refractivity contribution in [3.05, 3.63) is 0 Å². The maximum atomic E-state index is 11.9. The van der Waals surface area contributed by atoms with Crippen LogP contribution in [0.25, 0.3) is 0 Å². The zero-order chi connectivity index (χ0) is 11.6. The molecule has 0 radical (unpaired) electrons. The number of nitrogens with zero attached hydrogens (tertiary/aromatic N) is 1. The quantitative estimate of drug-likeness (QED) is 0.695. The van der Waals surface area contributed by atoms with E-state index in [2.05, 4.69) is 13.8 Å². The number of carbonyl (C=O) groups excluding carboxylic acids is 1. The van der Waals surface area contributed by atoms with E-state index in [0.29, 0.717) is 12.0 Å². The van der Waals surface area contributed by atoms with Gasteiger partial charge in [0, 0.05) is 11.8 Å². The van der Waals surface area contributed by atoms with Crippen LogP contribution in [0.4, 0.5) is 4.79 Å². The molecule has 3 nitrogen and oxygen atoms in total. The van der Waals surface area contributed by atoms with Gasteiger partial charge in [-0.2, -0.15) is 0 Å². The molecule has 15 heavy (non-hydrogen) atoms. The highest BCUT2D eigenvalue weighted by atomic mass is 32.2. The first-order chi connectivity index (χ1) is 6.81. The Kier molecular flexibility index (Phi) is 3.93. The first kappa shape index (κ1) is 12.7.